The van der Waals surface area contributed by atoms with Crippen LogP contribution in [0.5, 0.6) is 0 Å². The van der Waals surface area contributed by atoms with Crippen LogP contribution in [0, 0.1) is 0 Å². The number of carbonyl (C=O) groups excluding carboxylic acids is 2. The molecule has 0 unspecified atom stereocenters. The van der Waals surface area contributed by atoms with Crippen molar-refractivity contribution >= 4 is 61.2 Å². The monoisotopic (exact) mass is 559 g/mol. The largest absolute Gasteiger partial charge is 0.351 e. The first-order chi connectivity index (χ1) is 17.8. The number of para-hydroxylation sites is 1. The Kier molecular flexibility index (Phi) is 7.03. The Labute approximate surface area is 222 Å². The molecule has 0 bridgehead atoms. The topological polar surface area (TPSA) is 116 Å². The predicted molar refractivity (Wildman–Crippen MR) is 143 cm³/mol. The minimum atomic E-state index is -3.67. The molecule has 1 aliphatic heterocycles. The van der Waals surface area contributed by atoms with E-state index in [1.807, 2.05) is 23.1 Å². The number of hydrogen-bond donors (Lipinski definition) is 1. The van der Waals surface area contributed by atoms with Crippen molar-refractivity contribution in [3.8, 4) is 10.7 Å². The summed E-state index contributed by atoms with van der Waals surface area (Å²) in [5.74, 6) is -0.673. The van der Waals surface area contributed by atoms with Gasteiger partial charge in [0.2, 0.25) is 0 Å². The average molecular weight is 560 g/mol. The van der Waals surface area contributed by atoms with Gasteiger partial charge in [-0.1, -0.05) is 25.1 Å². The van der Waals surface area contributed by atoms with Crippen molar-refractivity contribution in [3.05, 3.63) is 52.9 Å². The second-order valence-corrected chi connectivity index (χ2v) is 12.7. The normalized spacial score (nSPS) is 14.9. The van der Waals surface area contributed by atoms with Gasteiger partial charge in [-0.2, -0.15) is 5.06 Å². The summed E-state index contributed by atoms with van der Waals surface area (Å²) in [6.45, 7) is 3.29. The minimum absolute atomic E-state index is 0.158. The molecule has 37 heavy (non-hydrogen) atoms. The molecule has 194 valence electrons. The van der Waals surface area contributed by atoms with E-state index in [1.165, 1.54) is 27.0 Å². The Bertz CT molecular complexity index is 1540. The third kappa shape index (κ3) is 5.12. The Morgan fingerprint density at radius 3 is 2.81 bits per heavy atom. The molecule has 1 amide bonds. The van der Waals surface area contributed by atoms with Crippen LogP contribution < -0.4 is 4.31 Å². The predicted octanol–water partition coefficient (Wildman–Crippen LogP) is 3.69. The van der Waals surface area contributed by atoms with Crippen LogP contribution in [0.1, 0.15) is 18.2 Å². The number of nitrogens with one attached hydrogen (secondary N) is 1. The Morgan fingerprint density at radius 1 is 1.24 bits per heavy atom. The fraction of sp³-hybridized carbons (Fsp3) is 0.292. The third-order valence-corrected chi connectivity index (χ3v) is 10.2. The van der Waals surface area contributed by atoms with E-state index in [0.717, 1.165) is 26.0 Å². The summed E-state index contributed by atoms with van der Waals surface area (Å²) in [4.78, 5) is 39.8. The van der Waals surface area contributed by atoms with E-state index in [9.17, 15) is 18.0 Å². The molecule has 0 saturated carbocycles. The first-order valence-corrected chi connectivity index (χ1v) is 14.7. The van der Waals surface area contributed by atoms with Crippen LogP contribution in [0.15, 0.2) is 52.2 Å². The van der Waals surface area contributed by atoms with Crippen LogP contribution in [-0.4, -0.2) is 66.9 Å². The van der Waals surface area contributed by atoms with E-state index >= 15 is 0 Å². The highest BCUT2D eigenvalue weighted by molar-refractivity contribution is 7.94. The molecule has 0 atom stereocenters. The van der Waals surface area contributed by atoms with Crippen molar-refractivity contribution in [3.63, 3.8) is 0 Å². The van der Waals surface area contributed by atoms with Gasteiger partial charge in [0.1, 0.15) is 9.22 Å². The number of anilines is 1. The van der Waals surface area contributed by atoms with E-state index in [0.29, 0.717) is 30.8 Å². The maximum Gasteiger partial charge on any atom is 0.332 e. The van der Waals surface area contributed by atoms with Crippen molar-refractivity contribution in [2.45, 2.75) is 24.1 Å². The average Bonchev–Trinajstić information content (AvgIpc) is 3.65. The van der Waals surface area contributed by atoms with Crippen molar-refractivity contribution in [2.24, 2.45) is 0 Å². The van der Waals surface area contributed by atoms with Gasteiger partial charge in [0.05, 0.1) is 30.0 Å². The molecule has 5 rings (SSSR count). The smallest absolute Gasteiger partial charge is 0.332 e. The molecule has 0 aliphatic carbocycles. The minimum Gasteiger partial charge on any atom is -0.351 e. The second kappa shape index (κ2) is 10.2. The van der Waals surface area contributed by atoms with Crippen LogP contribution >= 0.6 is 22.7 Å². The lowest BCUT2D eigenvalue weighted by molar-refractivity contribution is -0.204. The molecule has 3 aromatic heterocycles. The highest BCUT2D eigenvalue weighted by Crippen LogP contribution is 2.35. The van der Waals surface area contributed by atoms with E-state index in [-0.39, 0.29) is 23.1 Å². The van der Waals surface area contributed by atoms with Gasteiger partial charge < -0.3 is 9.82 Å². The summed E-state index contributed by atoms with van der Waals surface area (Å²) in [6, 6.07) is 10.8. The number of hydrogen-bond acceptors (Lipinski definition) is 9. The van der Waals surface area contributed by atoms with Gasteiger partial charge in [0, 0.05) is 43.0 Å². The molecule has 13 heteroatoms. The summed E-state index contributed by atoms with van der Waals surface area (Å²) in [6.07, 6.45) is 2.00. The maximum absolute atomic E-state index is 13.1. The second-order valence-electron chi connectivity index (χ2n) is 8.48. The van der Waals surface area contributed by atoms with Crippen molar-refractivity contribution in [1.29, 1.82) is 0 Å². The zero-order chi connectivity index (χ0) is 26.2. The number of aromatic nitrogens is 2. The lowest BCUT2D eigenvalue weighted by Crippen LogP contribution is -2.50. The number of benzene rings is 1. The maximum atomic E-state index is 13.1. The Hall–Kier alpha value is -3.26. The number of hydroxylamine groups is 2. The Morgan fingerprint density at radius 2 is 2.08 bits per heavy atom. The number of nitrogens with zero attached hydrogens (tertiary/aromatic N) is 4. The molecule has 4 aromatic rings. The first-order valence-electron chi connectivity index (χ1n) is 11.6. The zero-order valence-electron chi connectivity index (χ0n) is 20.2. The molecular formula is C24H25N5O5S3. The number of thiazole rings is 1. The number of amides is 1. The van der Waals surface area contributed by atoms with E-state index < -0.39 is 16.0 Å². The van der Waals surface area contributed by atoms with Crippen molar-refractivity contribution in [2.75, 3.05) is 31.0 Å². The zero-order valence-corrected chi connectivity index (χ0v) is 22.7. The number of carbonyl (C=O) groups is 2. The molecule has 0 spiro atoms. The Balaban J connectivity index is 1.32. The highest BCUT2D eigenvalue weighted by atomic mass is 32.2. The van der Waals surface area contributed by atoms with Crippen LogP contribution in [0.25, 0.3) is 21.6 Å². The van der Waals surface area contributed by atoms with Gasteiger partial charge in [-0.05, 0) is 23.6 Å². The molecule has 1 aliphatic rings. The molecule has 1 saturated heterocycles. The molecule has 1 aromatic carbocycles. The quantitative estimate of drug-likeness (QED) is 0.350. The van der Waals surface area contributed by atoms with Crippen molar-refractivity contribution in [1.82, 2.24) is 19.9 Å². The number of rotatable bonds is 8. The molecular weight excluding hydrogens is 534 g/mol. The molecule has 4 heterocycles. The first kappa shape index (κ1) is 25.4. The summed E-state index contributed by atoms with van der Waals surface area (Å²) < 4.78 is 27.7. The van der Waals surface area contributed by atoms with E-state index in [1.54, 1.807) is 43.7 Å². The lowest BCUT2D eigenvalue weighted by atomic mass is 10.2. The highest BCUT2D eigenvalue weighted by Gasteiger charge is 2.28. The molecule has 1 N–H and O–H groups in total. The summed E-state index contributed by atoms with van der Waals surface area (Å²) in [5, 5.41) is 4.52. The van der Waals surface area contributed by atoms with Gasteiger partial charge in [-0.15, -0.1) is 22.7 Å². The standard InChI is InChI=1S/C24H25N5O5S3/c1-3-21(31)34-29-10-9-28(15-20(29)30)14-17-13-25-24(36-17)18-12-16-6-4-7-19(23(16)26-18)27(2)37(32,33)22-8-5-11-35-22/h4-8,11-13,26H,3,9-10,14-15H2,1-2H3. The summed E-state index contributed by atoms with van der Waals surface area (Å²) in [5.41, 5.74) is 2.04. The number of sulfonamides is 1. The SMILES string of the molecule is CCC(=O)ON1CCN(Cc2cnc(-c3cc4cccc(N(C)S(=O)(=O)c5cccs5)c4[nH]3)s2)CC1=O. The number of H-pyrrole nitrogens is 1. The molecule has 1 fully saturated rings. The number of aromatic amines is 1. The molecule has 10 nitrogen and oxygen atoms in total. The lowest BCUT2D eigenvalue weighted by Gasteiger charge is -2.32. The molecule has 0 radical (unpaired) electrons. The fourth-order valence-electron chi connectivity index (χ4n) is 4.04. The van der Waals surface area contributed by atoms with Crippen LogP contribution in [0.2, 0.25) is 0 Å². The number of thiophene rings is 1. The number of fused-ring (bicyclic) bond motifs is 1. The van der Waals surface area contributed by atoms with Crippen LogP contribution in [0.4, 0.5) is 5.69 Å². The number of piperazine rings is 1. The van der Waals surface area contributed by atoms with Gasteiger partial charge in [0.25, 0.3) is 15.9 Å². The van der Waals surface area contributed by atoms with Crippen molar-refractivity contribution < 1.29 is 22.8 Å². The van der Waals surface area contributed by atoms with Gasteiger partial charge in [-0.25, -0.2) is 18.2 Å². The van der Waals surface area contributed by atoms with E-state index in [4.69, 9.17) is 4.84 Å². The van der Waals surface area contributed by atoms with Crippen LogP contribution in [0.3, 0.4) is 0 Å². The fourth-order valence-corrected chi connectivity index (χ4v) is 7.34. The van der Waals surface area contributed by atoms with Crippen LogP contribution in [-0.2, 0) is 31.0 Å². The summed E-state index contributed by atoms with van der Waals surface area (Å²) >= 11 is 2.69. The third-order valence-electron chi connectivity index (χ3n) is 6.00. The summed E-state index contributed by atoms with van der Waals surface area (Å²) in [7, 11) is -2.12. The van der Waals surface area contributed by atoms with Gasteiger partial charge >= 0.3 is 5.97 Å². The van der Waals surface area contributed by atoms with E-state index in [2.05, 4.69) is 9.97 Å². The van der Waals surface area contributed by atoms with Gasteiger partial charge in [-0.3, -0.25) is 14.0 Å². The van der Waals surface area contributed by atoms with Gasteiger partial charge in [0.15, 0.2) is 0 Å².